The lowest BCUT2D eigenvalue weighted by Gasteiger charge is -2.04. The monoisotopic (exact) mass is 290 g/mol. The maximum atomic E-state index is 11.2. The molecule has 0 N–H and O–H groups in total. The molecular weight excluding hydrogens is 280 g/mol. The fourth-order valence-corrected chi connectivity index (χ4v) is 2.50. The van der Waals surface area contributed by atoms with Gasteiger partial charge in [0.05, 0.1) is 0 Å². The molecule has 0 saturated carbocycles. The molecule has 0 fully saturated rings. The van der Waals surface area contributed by atoms with Crippen LogP contribution in [-0.4, -0.2) is 0 Å². The molecule has 0 radical (unpaired) electrons. The molecule has 4 heteroatoms. The Morgan fingerprint density at radius 3 is 1.45 bits per heavy atom. The van der Waals surface area contributed by atoms with Crippen LogP contribution < -0.4 is 11.3 Å². The normalized spacial score (nSPS) is 11.1. The molecule has 0 aliphatic rings. The van der Waals surface area contributed by atoms with E-state index in [2.05, 4.69) is 0 Å². The highest BCUT2D eigenvalue weighted by Crippen LogP contribution is 2.26. The van der Waals surface area contributed by atoms with E-state index >= 15 is 0 Å². The number of fused-ring (bicyclic) bond motifs is 2. The van der Waals surface area contributed by atoms with Gasteiger partial charge < -0.3 is 8.83 Å². The van der Waals surface area contributed by atoms with Crippen LogP contribution in [0.4, 0.5) is 0 Å². The first-order chi connectivity index (χ1) is 10.7. The Labute approximate surface area is 124 Å². The lowest BCUT2D eigenvalue weighted by molar-refractivity contribution is 0.560. The third-order valence-electron chi connectivity index (χ3n) is 3.57. The highest BCUT2D eigenvalue weighted by Gasteiger charge is 2.04. The number of benzene rings is 2. The second kappa shape index (κ2) is 4.70. The highest BCUT2D eigenvalue weighted by atomic mass is 16.4. The van der Waals surface area contributed by atoms with E-state index in [1.807, 2.05) is 24.3 Å². The standard InChI is InChI=1S/C18H10O4/c19-17-7-3-13-9-11(1-5-15(13)21-17)12-2-6-16-14(10-12)4-8-18(20)22-16/h1-10H. The third-order valence-corrected chi connectivity index (χ3v) is 3.57. The zero-order chi connectivity index (χ0) is 15.1. The van der Waals surface area contributed by atoms with Gasteiger partial charge >= 0.3 is 11.3 Å². The van der Waals surface area contributed by atoms with Crippen LogP contribution in [0.3, 0.4) is 0 Å². The predicted molar refractivity (Wildman–Crippen MR) is 84.0 cm³/mol. The second-order valence-corrected chi connectivity index (χ2v) is 5.01. The lowest BCUT2D eigenvalue weighted by Crippen LogP contribution is -1.95. The maximum absolute atomic E-state index is 11.2. The summed E-state index contributed by atoms with van der Waals surface area (Å²) in [6, 6.07) is 17.6. The lowest BCUT2D eigenvalue weighted by atomic mass is 10.0. The Kier molecular flexibility index (Phi) is 2.69. The molecule has 4 aromatic rings. The van der Waals surface area contributed by atoms with Gasteiger partial charge in [-0.05, 0) is 47.5 Å². The summed E-state index contributed by atoms with van der Waals surface area (Å²) in [6.07, 6.45) is 0. The van der Waals surface area contributed by atoms with Gasteiger partial charge in [0.15, 0.2) is 0 Å². The Balaban J connectivity index is 1.90. The number of hydrogen-bond donors (Lipinski definition) is 0. The van der Waals surface area contributed by atoms with E-state index in [0.29, 0.717) is 11.2 Å². The molecule has 4 nitrogen and oxygen atoms in total. The molecule has 22 heavy (non-hydrogen) atoms. The van der Waals surface area contributed by atoms with Gasteiger partial charge in [-0.1, -0.05) is 12.1 Å². The van der Waals surface area contributed by atoms with E-state index in [1.165, 1.54) is 12.1 Å². The summed E-state index contributed by atoms with van der Waals surface area (Å²) >= 11 is 0. The van der Waals surface area contributed by atoms with Gasteiger partial charge in [0.2, 0.25) is 0 Å². The fourth-order valence-electron chi connectivity index (χ4n) is 2.50. The van der Waals surface area contributed by atoms with Crippen molar-refractivity contribution in [3.05, 3.63) is 81.5 Å². The van der Waals surface area contributed by atoms with Gasteiger partial charge in [0, 0.05) is 22.9 Å². The van der Waals surface area contributed by atoms with Crippen molar-refractivity contribution in [2.75, 3.05) is 0 Å². The zero-order valence-electron chi connectivity index (χ0n) is 11.4. The van der Waals surface area contributed by atoms with Crippen molar-refractivity contribution in [3.8, 4) is 11.1 Å². The molecule has 0 aliphatic carbocycles. The molecule has 4 rings (SSSR count). The van der Waals surface area contributed by atoms with Crippen molar-refractivity contribution in [1.29, 1.82) is 0 Å². The van der Waals surface area contributed by atoms with E-state index < -0.39 is 0 Å². The third kappa shape index (κ3) is 2.11. The summed E-state index contributed by atoms with van der Waals surface area (Å²) in [5, 5.41) is 1.72. The number of rotatable bonds is 1. The van der Waals surface area contributed by atoms with E-state index in [0.717, 1.165) is 21.9 Å². The Bertz CT molecular complexity index is 1030. The smallest absolute Gasteiger partial charge is 0.336 e. The summed E-state index contributed by atoms with van der Waals surface area (Å²) < 4.78 is 10.3. The van der Waals surface area contributed by atoms with Crippen molar-refractivity contribution < 1.29 is 8.83 Å². The van der Waals surface area contributed by atoms with Gasteiger partial charge in [-0.3, -0.25) is 0 Å². The summed E-state index contributed by atoms with van der Waals surface area (Å²) in [6.45, 7) is 0. The Morgan fingerprint density at radius 2 is 1.00 bits per heavy atom. The molecule has 0 amide bonds. The topological polar surface area (TPSA) is 60.4 Å². The first-order valence-corrected chi connectivity index (χ1v) is 6.77. The average molecular weight is 290 g/mol. The molecule has 0 spiro atoms. The summed E-state index contributed by atoms with van der Waals surface area (Å²) in [5.74, 6) is 0. The van der Waals surface area contributed by atoms with Gasteiger partial charge in [-0.25, -0.2) is 9.59 Å². The van der Waals surface area contributed by atoms with E-state index in [4.69, 9.17) is 8.83 Å². The molecule has 0 aliphatic heterocycles. The number of hydrogen-bond acceptors (Lipinski definition) is 4. The van der Waals surface area contributed by atoms with E-state index in [1.54, 1.807) is 24.3 Å². The molecule has 0 bridgehead atoms. The van der Waals surface area contributed by atoms with Crippen molar-refractivity contribution in [1.82, 2.24) is 0 Å². The molecule has 0 atom stereocenters. The van der Waals surface area contributed by atoms with Gasteiger partial charge in [0.25, 0.3) is 0 Å². The molecular formula is C18H10O4. The first-order valence-electron chi connectivity index (χ1n) is 6.77. The molecule has 2 heterocycles. The van der Waals surface area contributed by atoms with Crippen LogP contribution in [0.5, 0.6) is 0 Å². The predicted octanol–water partition coefficient (Wildman–Crippen LogP) is 3.57. The highest BCUT2D eigenvalue weighted by molar-refractivity contribution is 5.87. The summed E-state index contributed by atoms with van der Waals surface area (Å²) in [5.41, 5.74) is 2.39. The maximum Gasteiger partial charge on any atom is 0.336 e. The van der Waals surface area contributed by atoms with E-state index in [-0.39, 0.29) is 11.3 Å². The van der Waals surface area contributed by atoms with Crippen molar-refractivity contribution >= 4 is 21.9 Å². The largest absolute Gasteiger partial charge is 0.423 e. The second-order valence-electron chi connectivity index (χ2n) is 5.01. The molecule has 0 saturated heterocycles. The van der Waals surface area contributed by atoms with Crippen LogP contribution in [0, 0.1) is 0 Å². The van der Waals surface area contributed by atoms with Crippen molar-refractivity contribution in [2.45, 2.75) is 0 Å². The zero-order valence-corrected chi connectivity index (χ0v) is 11.4. The fraction of sp³-hybridized carbons (Fsp3) is 0. The Hall–Kier alpha value is -3.14. The van der Waals surface area contributed by atoms with Crippen LogP contribution in [0.25, 0.3) is 33.1 Å². The van der Waals surface area contributed by atoms with E-state index in [9.17, 15) is 9.59 Å². The van der Waals surface area contributed by atoms with Crippen LogP contribution in [0.1, 0.15) is 0 Å². The van der Waals surface area contributed by atoms with Crippen molar-refractivity contribution in [2.24, 2.45) is 0 Å². The van der Waals surface area contributed by atoms with Crippen LogP contribution in [0.15, 0.2) is 79.1 Å². The Morgan fingerprint density at radius 1 is 0.545 bits per heavy atom. The minimum Gasteiger partial charge on any atom is -0.423 e. The van der Waals surface area contributed by atoms with Crippen LogP contribution in [-0.2, 0) is 0 Å². The molecule has 0 unspecified atom stereocenters. The summed E-state index contributed by atoms with van der Waals surface area (Å²) in [4.78, 5) is 22.4. The quantitative estimate of drug-likeness (QED) is 0.503. The molecule has 2 aromatic heterocycles. The van der Waals surface area contributed by atoms with Crippen LogP contribution in [0.2, 0.25) is 0 Å². The minimum absolute atomic E-state index is 0.360. The first kappa shape index (κ1) is 12.6. The summed E-state index contributed by atoms with van der Waals surface area (Å²) in [7, 11) is 0. The van der Waals surface area contributed by atoms with Crippen molar-refractivity contribution in [3.63, 3.8) is 0 Å². The SMILES string of the molecule is O=c1ccc2cc(-c3ccc4oc(=O)ccc4c3)ccc2o1. The van der Waals surface area contributed by atoms with Gasteiger partial charge in [-0.2, -0.15) is 0 Å². The van der Waals surface area contributed by atoms with Crippen LogP contribution >= 0.6 is 0 Å². The average Bonchev–Trinajstić information content (AvgIpc) is 2.54. The van der Waals surface area contributed by atoms with Gasteiger partial charge in [0.1, 0.15) is 11.2 Å². The molecule has 2 aromatic carbocycles. The van der Waals surface area contributed by atoms with Gasteiger partial charge in [-0.15, -0.1) is 0 Å². The minimum atomic E-state index is -0.360. The molecule has 106 valence electrons.